The number of amides is 1. The monoisotopic (exact) mass is 310 g/mol. The van der Waals surface area contributed by atoms with E-state index in [2.05, 4.69) is 16.7 Å². The minimum absolute atomic E-state index is 0.234. The lowest BCUT2D eigenvalue weighted by Crippen LogP contribution is -2.55. The van der Waals surface area contributed by atoms with Crippen molar-refractivity contribution in [1.82, 2.24) is 9.80 Å². The van der Waals surface area contributed by atoms with E-state index in [1.807, 2.05) is 0 Å². The number of hydrogen-bond donors (Lipinski definition) is 0. The van der Waals surface area contributed by atoms with Crippen LogP contribution in [0.1, 0.15) is 45.4 Å². The van der Waals surface area contributed by atoms with Crippen LogP contribution in [-0.4, -0.2) is 73.3 Å². The van der Waals surface area contributed by atoms with Crippen LogP contribution in [-0.2, 0) is 14.3 Å². The van der Waals surface area contributed by atoms with Gasteiger partial charge in [0, 0.05) is 38.8 Å². The van der Waals surface area contributed by atoms with E-state index in [1.54, 1.807) is 7.11 Å². The summed E-state index contributed by atoms with van der Waals surface area (Å²) in [5, 5.41) is 0. The minimum Gasteiger partial charge on any atom is -0.379 e. The van der Waals surface area contributed by atoms with Crippen LogP contribution in [0, 0.1) is 0 Å². The van der Waals surface area contributed by atoms with E-state index >= 15 is 0 Å². The van der Waals surface area contributed by atoms with Crippen LogP contribution < -0.4 is 0 Å². The Morgan fingerprint density at radius 2 is 1.82 bits per heavy atom. The second-order valence-electron chi connectivity index (χ2n) is 7.00. The molecule has 22 heavy (non-hydrogen) atoms. The lowest BCUT2D eigenvalue weighted by molar-refractivity contribution is -0.160. The molecular weight excluding hydrogens is 280 g/mol. The average molecular weight is 310 g/mol. The zero-order valence-electron chi connectivity index (χ0n) is 14.1. The van der Waals surface area contributed by atoms with Crippen LogP contribution in [0.15, 0.2) is 0 Å². The van der Waals surface area contributed by atoms with Crippen LogP contribution in [0.5, 0.6) is 0 Å². The molecule has 1 saturated carbocycles. The third-order valence-corrected chi connectivity index (χ3v) is 5.93. The molecule has 0 N–H and O–H groups in total. The molecule has 0 aromatic heterocycles. The molecular formula is C17H30N2O3. The first-order valence-electron chi connectivity index (χ1n) is 8.86. The van der Waals surface area contributed by atoms with E-state index < -0.39 is 5.60 Å². The largest absolute Gasteiger partial charge is 0.379 e. The maximum Gasteiger partial charge on any atom is 0.255 e. The van der Waals surface area contributed by atoms with Gasteiger partial charge >= 0.3 is 0 Å². The smallest absolute Gasteiger partial charge is 0.255 e. The maximum absolute atomic E-state index is 13.1. The predicted molar refractivity (Wildman–Crippen MR) is 84.8 cm³/mol. The van der Waals surface area contributed by atoms with Gasteiger partial charge in [-0.05, 0) is 26.2 Å². The van der Waals surface area contributed by atoms with Gasteiger partial charge < -0.3 is 14.4 Å². The number of hydrogen-bond acceptors (Lipinski definition) is 4. The molecule has 0 spiro atoms. The molecule has 0 radical (unpaired) electrons. The first kappa shape index (κ1) is 16.2. The summed E-state index contributed by atoms with van der Waals surface area (Å²) in [7, 11) is 1.71. The van der Waals surface area contributed by atoms with Gasteiger partial charge in [-0.15, -0.1) is 0 Å². The highest BCUT2D eigenvalue weighted by atomic mass is 16.5. The van der Waals surface area contributed by atoms with Crippen molar-refractivity contribution in [3.8, 4) is 0 Å². The molecule has 2 atom stereocenters. The molecule has 3 fully saturated rings. The van der Waals surface area contributed by atoms with E-state index in [1.165, 1.54) is 6.42 Å². The molecule has 2 aliphatic heterocycles. The maximum atomic E-state index is 13.1. The second-order valence-corrected chi connectivity index (χ2v) is 7.00. The fourth-order valence-electron chi connectivity index (χ4n) is 4.50. The van der Waals surface area contributed by atoms with Crippen molar-refractivity contribution < 1.29 is 14.3 Å². The number of carbonyl (C=O) groups excluding carboxylic acids is 1. The molecule has 0 aromatic carbocycles. The van der Waals surface area contributed by atoms with Crippen molar-refractivity contribution in [3.05, 3.63) is 0 Å². The van der Waals surface area contributed by atoms with E-state index in [9.17, 15) is 4.79 Å². The van der Waals surface area contributed by atoms with E-state index in [-0.39, 0.29) is 11.9 Å². The number of ether oxygens (including phenoxy) is 2. The van der Waals surface area contributed by atoms with Crippen LogP contribution in [0.25, 0.3) is 0 Å². The minimum atomic E-state index is -0.549. The van der Waals surface area contributed by atoms with Gasteiger partial charge in [0.2, 0.25) is 0 Å². The molecule has 3 aliphatic rings. The molecule has 1 amide bonds. The molecule has 1 aliphatic carbocycles. The SMILES string of the molecule is COC1(C(=O)N2CC[C@@H](N3CCOCC3)[C@H]2C)CCCCC1. The summed E-state index contributed by atoms with van der Waals surface area (Å²) >= 11 is 0. The van der Waals surface area contributed by atoms with Crippen molar-refractivity contribution in [2.45, 2.75) is 63.1 Å². The summed E-state index contributed by atoms with van der Waals surface area (Å²) < 4.78 is 11.2. The number of methoxy groups -OCH3 is 1. The predicted octanol–water partition coefficient (Wildman–Crippen LogP) is 1.66. The molecule has 5 nitrogen and oxygen atoms in total. The standard InChI is InChI=1S/C17H30N2O3/c1-14-15(18-10-12-22-13-11-18)6-9-19(14)16(20)17(21-2)7-4-3-5-8-17/h14-15H,3-13H2,1-2H3/t14-,15-/m1/s1. The number of likely N-dealkylation sites (tertiary alicyclic amines) is 1. The van der Waals surface area contributed by atoms with Crippen molar-refractivity contribution >= 4 is 5.91 Å². The normalized spacial score (nSPS) is 33.1. The molecule has 2 heterocycles. The van der Waals surface area contributed by atoms with Gasteiger partial charge in [-0.25, -0.2) is 0 Å². The van der Waals surface area contributed by atoms with Crippen LogP contribution in [0.4, 0.5) is 0 Å². The van der Waals surface area contributed by atoms with E-state index in [4.69, 9.17) is 9.47 Å². The lowest BCUT2D eigenvalue weighted by Gasteiger charge is -2.40. The highest BCUT2D eigenvalue weighted by Crippen LogP contribution is 2.35. The first-order chi connectivity index (χ1) is 10.7. The molecule has 2 saturated heterocycles. The molecule has 0 aromatic rings. The highest BCUT2D eigenvalue weighted by Gasteiger charge is 2.47. The van der Waals surface area contributed by atoms with Gasteiger partial charge in [0.15, 0.2) is 0 Å². The van der Waals surface area contributed by atoms with Crippen LogP contribution in [0.2, 0.25) is 0 Å². The average Bonchev–Trinajstić information content (AvgIpc) is 2.97. The first-order valence-corrected chi connectivity index (χ1v) is 8.86. The fourth-order valence-corrected chi connectivity index (χ4v) is 4.50. The summed E-state index contributed by atoms with van der Waals surface area (Å²) in [4.78, 5) is 17.7. The Bertz CT molecular complexity index is 389. The molecule has 126 valence electrons. The summed E-state index contributed by atoms with van der Waals surface area (Å²) in [6.07, 6.45) is 6.28. The summed E-state index contributed by atoms with van der Waals surface area (Å²) in [6.45, 7) is 6.70. The van der Waals surface area contributed by atoms with Crippen molar-refractivity contribution in [3.63, 3.8) is 0 Å². The number of carbonyl (C=O) groups is 1. The Morgan fingerprint density at radius 1 is 1.14 bits per heavy atom. The third-order valence-electron chi connectivity index (χ3n) is 5.93. The molecule has 3 rings (SSSR count). The topological polar surface area (TPSA) is 42.0 Å². The lowest BCUT2D eigenvalue weighted by atomic mass is 9.83. The molecule has 5 heteroatoms. The van der Waals surface area contributed by atoms with Crippen LogP contribution in [0.3, 0.4) is 0 Å². The summed E-state index contributed by atoms with van der Waals surface area (Å²) in [6, 6.07) is 0.755. The zero-order chi connectivity index (χ0) is 15.6. The highest BCUT2D eigenvalue weighted by molar-refractivity contribution is 5.86. The zero-order valence-corrected chi connectivity index (χ0v) is 14.1. The van der Waals surface area contributed by atoms with Gasteiger partial charge in [-0.3, -0.25) is 9.69 Å². The number of morpholine rings is 1. The number of rotatable bonds is 3. The van der Waals surface area contributed by atoms with Gasteiger partial charge in [-0.1, -0.05) is 19.3 Å². The van der Waals surface area contributed by atoms with Crippen molar-refractivity contribution in [2.24, 2.45) is 0 Å². The molecule has 0 unspecified atom stereocenters. The quantitative estimate of drug-likeness (QED) is 0.795. The van der Waals surface area contributed by atoms with E-state index in [0.29, 0.717) is 6.04 Å². The van der Waals surface area contributed by atoms with E-state index in [0.717, 1.165) is 65.0 Å². The Hall–Kier alpha value is -0.650. The Labute approximate surface area is 133 Å². The van der Waals surface area contributed by atoms with Crippen molar-refractivity contribution in [2.75, 3.05) is 40.0 Å². The summed E-state index contributed by atoms with van der Waals surface area (Å²) in [5.74, 6) is 0.234. The number of nitrogens with zero attached hydrogens (tertiary/aromatic N) is 2. The molecule has 0 bridgehead atoms. The van der Waals surface area contributed by atoms with Gasteiger partial charge in [-0.2, -0.15) is 0 Å². The second kappa shape index (κ2) is 6.85. The van der Waals surface area contributed by atoms with Crippen LogP contribution >= 0.6 is 0 Å². The summed E-state index contributed by atoms with van der Waals surface area (Å²) in [5.41, 5.74) is -0.549. The van der Waals surface area contributed by atoms with Gasteiger partial charge in [0.1, 0.15) is 5.60 Å². The fraction of sp³-hybridized carbons (Fsp3) is 0.941. The van der Waals surface area contributed by atoms with Gasteiger partial charge in [0.25, 0.3) is 5.91 Å². The Kier molecular flexibility index (Phi) is 5.05. The Morgan fingerprint density at radius 3 is 2.45 bits per heavy atom. The Balaban J connectivity index is 1.68. The van der Waals surface area contributed by atoms with Crippen molar-refractivity contribution in [1.29, 1.82) is 0 Å². The van der Waals surface area contributed by atoms with Gasteiger partial charge in [0.05, 0.1) is 13.2 Å². The third kappa shape index (κ3) is 2.91.